The molecule has 1 saturated carbocycles. The molecule has 0 spiro atoms. The molecule has 0 aromatic rings. The van der Waals surface area contributed by atoms with Crippen molar-refractivity contribution >= 4 is 5.97 Å². The average Bonchev–Trinajstić information content (AvgIpc) is 2.47. The van der Waals surface area contributed by atoms with Crippen molar-refractivity contribution in [2.75, 3.05) is 6.54 Å². The molecule has 0 radical (unpaired) electrons. The van der Waals surface area contributed by atoms with Gasteiger partial charge in [0, 0.05) is 0 Å². The molecule has 3 heteroatoms. The molecule has 13 heavy (non-hydrogen) atoms. The molecule has 1 saturated heterocycles. The highest BCUT2D eigenvalue weighted by Gasteiger charge is 2.50. The van der Waals surface area contributed by atoms with Gasteiger partial charge in [0.1, 0.15) is 5.54 Å². The Morgan fingerprint density at radius 2 is 2.15 bits per heavy atom. The van der Waals surface area contributed by atoms with Crippen LogP contribution < -0.4 is 5.32 Å². The highest BCUT2D eigenvalue weighted by molar-refractivity contribution is 5.79. The second-order valence-corrected chi connectivity index (χ2v) is 4.54. The minimum atomic E-state index is -0.679. The third-order valence-electron chi connectivity index (χ3n) is 3.83. The Hall–Kier alpha value is -0.570. The number of hydrogen-bond acceptors (Lipinski definition) is 2. The first-order valence-corrected chi connectivity index (χ1v) is 5.13. The lowest BCUT2D eigenvalue weighted by atomic mass is 9.73. The maximum Gasteiger partial charge on any atom is 0.323 e. The molecule has 3 nitrogen and oxygen atoms in total. The summed E-state index contributed by atoms with van der Waals surface area (Å²) in [5.74, 6) is 0.288. The van der Waals surface area contributed by atoms with Crippen molar-refractivity contribution < 1.29 is 9.90 Å². The lowest BCUT2D eigenvalue weighted by Crippen LogP contribution is -2.49. The van der Waals surface area contributed by atoms with Gasteiger partial charge < -0.3 is 10.4 Å². The molecular weight excluding hydrogens is 166 g/mol. The highest BCUT2D eigenvalue weighted by atomic mass is 16.4. The molecule has 0 aromatic carbocycles. The summed E-state index contributed by atoms with van der Waals surface area (Å²) < 4.78 is 0. The molecule has 1 aliphatic carbocycles. The van der Waals surface area contributed by atoms with Gasteiger partial charge in [-0.1, -0.05) is 12.8 Å². The molecular formula is C10H17NO2. The van der Waals surface area contributed by atoms with Gasteiger partial charge in [-0.3, -0.25) is 4.79 Å². The van der Waals surface area contributed by atoms with Gasteiger partial charge in [0.15, 0.2) is 0 Å². The van der Waals surface area contributed by atoms with Gasteiger partial charge in [-0.25, -0.2) is 0 Å². The van der Waals surface area contributed by atoms with Crippen LogP contribution in [0, 0.1) is 11.8 Å². The van der Waals surface area contributed by atoms with E-state index in [1.807, 2.05) is 6.92 Å². The van der Waals surface area contributed by atoms with E-state index in [0.717, 1.165) is 13.0 Å². The van der Waals surface area contributed by atoms with E-state index in [4.69, 9.17) is 5.11 Å². The van der Waals surface area contributed by atoms with Crippen LogP contribution >= 0.6 is 0 Å². The Bertz CT molecular complexity index is 229. The van der Waals surface area contributed by atoms with Crippen LogP contribution in [0.2, 0.25) is 0 Å². The van der Waals surface area contributed by atoms with Gasteiger partial charge in [0.05, 0.1) is 0 Å². The van der Waals surface area contributed by atoms with Crippen molar-refractivity contribution in [2.45, 2.75) is 38.1 Å². The zero-order chi connectivity index (χ0) is 9.47. The number of fused-ring (bicyclic) bond motifs is 1. The van der Waals surface area contributed by atoms with Crippen molar-refractivity contribution in [1.82, 2.24) is 5.32 Å². The second-order valence-electron chi connectivity index (χ2n) is 4.54. The van der Waals surface area contributed by atoms with Gasteiger partial charge in [-0.05, 0) is 38.1 Å². The van der Waals surface area contributed by atoms with Gasteiger partial charge in [0.25, 0.3) is 0 Å². The number of aliphatic carboxylic acids is 1. The first-order valence-electron chi connectivity index (χ1n) is 5.13. The van der Waals surface area contributed by atoms with E-state index in [1.165, 1.54) is 19.3 Å². The van der Waals surface area contributed by atoms with Crippen LogP contribution in [-0.2, 0) is 4.79 Å². The standard InChI is InChI=1S/C10H17NO2/c1-10(9(12)13)8-5-3-2-4-7(8)6-11-10/h7-8,11H,2-6H2,1H3,(H,12,13)/t7-,8-,10+/m0/s1. The van der Waals surface area contributed by atoms with E-state index in [2.05, 4.69) is 5.32 Å². The van der Waals surface area contributed by atoms with Crippen LogP contribution in [0.25, 0.3) is 0 Å². The molecule has 74 valence electrons. The summed E-state index contributed by atoms with van der Waals surface area (Å²) in [4.78, 5) is 11.1. The molecule has 2 aliphatic rings. The molecule has 0 unspecified atom stereocenters. The van der Waals surface area contributed by atoms with E-state index in [0.29, 0.717) is 11.8 Å². The summed E-state index contributed by atoms with van der Waals surface area (Å²) in [5, 5.41) is 12.3. The number of nitrogens with one attached hydrogen (secondary N) is 1. The molecule has 2 rings (SSSR count). The maximum absolute atomic E-state index is 11.1. The van der Waals surface area contributed by atoms with Crippen molar-refractivity contribution in [1.29, 1.82) is 0 Å². The van der Waals surface area contributed by atoms with Crippen LogP contribution in [0.4, 0.5) is 0 Å². The Balaban J connectivity index is 2.19. The van der Waals surface area contributed by atoms with E-state index in [-0.39, 0.29) is 0 Å². The first kappa shape index (κ1) is 9.00. The molecule has 3 atom stereocenters. The lowest BCUT2D eigenvalue weighted by molar-refractivity contribution is -0.145. The van der Waals surface area contributed by atoms with Crippen LogP contribution in [0.3, 0.4) is 0 Å². The van der Waals surface area contributed by atoms with Crippen LogP contribution in [0.5, 0.6) is 0 Å². The van der Waals surface area contributed by atoms with E-state index in [1.54, 1.807) is 0 Å². The third kappa shape index (κ3) is 1.26. The molecule has 0 aromatic heterocycles. The predicted octanol–water partition coefficient (Wildman–Crippen LogP) is 1.24. The number of carboxylic acids is 1. The van der Waals surface area contributed by atoms with Crippen molar-refractivity contribution in [3.8, 4) is 0 Å². The molecule has 0 amide bonds. The summed E-state index contributed by atoms with van der Waals surface area (Å²) in [7, 11) is 0. The SMILES string of the molecule is C[C@@]1(C(=O)O)NC[C@@H]2CCCC[C@@H]21. The Kier molecular flexibility index (Phi) is 2.06. The van der Waals surface area contributed by atoms with E-state index in [9.17, 15) is 4.79 Å². The zero-order valence-electron chi connectivity index (χ0n) is 8.05. The van der Waals surface area contributed by atoms with Gasteiger partial charge in [-0.2, -0.15) is 0 Å². The van der Waals surface area contributed by atoms with Crippen molar-refractivity contribution in [2.24, 2.45) is 11.8 Å². The quantitative estimate of drug-likeness (QED) is 0.643. The van der Waals surface area contributed by atoms with Gasteiger partial charge in [-0.15, -0.1) is 0 Å². The monoisotopic (exact) mass is 183 g/mol. The summed E-state index contributed by atoms with van der Waals surface area (Å²) in [6.45, 7) is 2.73. The summed E-state index contributed by atoms with van der Waals surface area (Å²) in [5.41, 5.74) is -0.648. The molecule has 1 aliphatic heterocycles. The van der Waals surface area contributed by atoms with E-state index >= 15 is 0 Å². The Labute approximate surface area is 78.5 Å². The van der Waals surface area contributed by atoms with Gasteiger partial charge >= 0.3 is 5.97 Å². The number of hydrogen-bond donors (Lipinski definition) is 2. The average molecular weight is 183 g/mol. The zero-order valence-corrected chi connectivity index (χ0v) is 8.05. The molecule has 1 heterocycles. The summed E-state index contributed by atoms with van der Waals surface area (Å²) >= 11 is 0. The number of carboxylic acid groups (broad SMARTS) is 1. The highest BCUT2D eigenvalue weighted by Crippen LogP contribution is 2.41. The van der Waals surface area contributed by atoms with Gasteiger partial charge in [0.2, 0.25) is 0 Å². The second kappa shape index (κ2) is 2.98. The van der Waals surface area contributed by atoms with Crippen molar-refractivity contribution in [3.05, 3.63) is 0 Å². The first-order chi connectivity index (χ1) is 6.14. The fourth-order valence-electron chi connectivity index (χ4n) is 2.92. The Morgan fingerprint density at radius 3 is 2.85 bits per heavy atom. The number of carbonyl (C=O) groups is 1. The minimum absolute atomic E-state index is 0.360. The van der Waals surface area contributed by atoms with E-state index < -0.39 is 11.5 Å². The molecule has 0 bridgehead atoms. The topological polar surface area (TPSA) is 49.3 Å². The van der Waals surface area contributed by atoms with Crippen LogP contribution in [0.15, 0.2) is 0 Å². The van der Waals surface area contributed by atoms with Crippen LogP contribution in [0.1, 0.15) is 32.6 Å². The molecule has 2 fully saturated rings. The smallest absolute Gasteiger partial charge is 0.323 e. The fourth-order valence-corrected chi connectivity index (χ4v) is 2.92. The minimum Gasteiger partial charge on any atom is -0.480 e. The summed E-state index contributed by atoms with van der Waals surface area (Å²) in [6, 6.07) is 0. The largest absolute Gasteiger partial charge is 0.480 e. The van der Waals surface area contributed by atoms with Crippen molar-refractivity contribution in [3.63, 3.8) is 0 Å². The lowest BCUT2D eigenvalue weighted by Gasteiger charge is -2.32. The fraction of sp³-hybridized carbons (Fsp3) is 0.900. The normalized spacial score (nSPS) is 44.4. The summed E-state index contributed by atoms with van der Waals surface area (Å²) in [6.07, 6.45) is 4.77. The third-order valence-corrected chi connectivity index (χ3v) is 3.83. The number of rotatable bonds is 1. The predicted molar refractivity (Wildman–Crippen MR) is 49.5 cm³/mol. The van der Waals surface area contributed by atoms with Crippen LogP contribution in [-0.4, -0.2) is 23.2 Å². The Morgan fingerprint density at radius 1 is 1.46 bits per heavy atom. The molecule has 2 N–H and O–H groups in total. The maximum atomic E-state index is 11.1.